The zero-order valence-electron chi connectivity index (χ0n) is 19.5. The Balaban J connectivity index is 1.45. The lowest BCUT2D eigenvalue weighted by molar-refractivity contribution is -0.142. The predicted molar refractivity (Wildman–Crippen MR) is 138 cm³/mol. The first-order chi connectivity index (χ1) is 17.2. The number of allylic oxidation sites excluding steroid dienone is 1. The van der Waals surface area contributed by atoms with Crippen molar-refractivity contribution in [2.45, 2.75) is 37.1 Å². The molecule has 1 aliphatic rings. The lowest BCUT2D eigenvalue weighted by Crippen LogP contribution is -2.50. The molecule has 0 unspecified atom stereocenters. The number of hydrogen-bond acceptors (Lipinski definition) is 4. The zero-order chi connectivity index (χ0) is 25.7. The molecule has 0 saturated carbocycles. The Morgan fingerprint density at radius 2 is 1.72 bits per heavy atom. The molecule has 1 heterocycles. The van der Waals surface area contributed by atoms with Crippen LogP contribution in [0.5, 0.6) is 0 Å². The highest BCUT2D eigenvalue weighted by atomic mass is 31.2. The van der Waals surface area contributed by atoms with E-state index >= 15 is 0 Å². The highest BCUT2D eigenvalue weighted by molar-refractivity contribution is 7.52. The van der Waals surface area contributed by atoms with Crippen LogP contribution in [0.15, 0.2) is 78.9 Å². The normalized spacial score (nSPS) is 21.0. The van der Waals surface area contributed by atoms with Gasteiger partial charge in [-0.1, -0.05) is 84.9 Å². The first-order valence-corrected chi connectivity index (χ1v) is 13.4. The molecule has 9 heteroatoms. The second-order valence-corrected chi connectivity index (χ2v) is 10.8. The third-order valence-electron chi connectivity index (χ3n) is 6.49. The van der Waals surface area contributed by atoms with Gasteiger partial charge in [0.2, 0.25) is 5.91 Å². The molecule has 0 radical (unpaired) electrons. The van der Waals surface area contributed by atoms with Gasteiger partial charge in [-0.05, 0) is 40.7 Å². The maximum atomic E-state index is 12.9. The van der Waals surface area contributed by atoms with Crippen LogP contribution in [0.1, 0.15) is 24.0 Å². The number of amides is 1. The van der Waals surface area contributed by atoms with Crippen LogP contribution in [0.25, 0.3) is 16.8 Å². The monoisotopic (exact) mass is 508 g/mol. The predicted octanol–water partition coefficient (Wildman–Crippen LogP) is 3.54. The molecule has 0 spiro atoms. The summed E-state index contributed by atoms with van der Waals surface area (Å²) < 4.78 is 12.2. The zero-order valence-corrected chi connectivity index (χ0v) is 20.4. The van der Waals surface area contributed by atoms with Crippen molar-refractivity contribution in [2.24, 2.45) is 5.92 Å². The molecule has 8 nitrogen and oxygen atoms in total. The van der Waals surface area contributed by atoms with E-state index in [1.807, 2.05) is 60.7 Å². The van der Waals surface area contributed by atoms with Crippen LogP contribution in [0.2, 0.25) is 0 Å². The van der Waals surface area contributed by atoms with Crippen LogP contribution in [0.4, 0.5) is 0 Å². The van der Waals surface area contributed by atoms with Gasteiger partial charge >= 0.3 is 13.6 Å². The summed E-state index contributed by atoms with van der Waals surface area (Å²) >= 11 is 0. The van der Waals surface area contributed by atoms with E-state index in [4.69, 9.17) is 0 Å². The second kappa shape index (κ2) is 11.2. The molecule has 1 amide bonds. The average Bonchev–Trinajstić information content (AvgIpc) is 3.29. The van der Waals surface area contributed by atoms with E-state index in [1.54, 1.807) is 24.3 Å². The summed E-state index contributed by atoms with van der Waals surface area (Å²) in [4.78, 5) is 44.5. The molecule has 1 aliphatic heterocycles. The molecule has 36 heavy (non-hydrogen) atoms. The number of nitrogens with one attached hydrogen (secondary N) is 2. The molecule has 3 aromatic carbocycles. The van der Waals surface area contributed by atoms with Crippen LogP contribution >= 0.6 is 7.60 Å². The van der Waals surface area contributed by atoms with Gasteiger partial charge in [0.25, 0.3) is 0 Å². The van der Waals surface area contributed by atoms with Crippen LogP contribution in [0, 0.1) is 5.92 Å². The molecule has 3 aromatic rings. The van der Waals surface area contributed by atoms with E-state index in [9.17, 15) is 29.0 Å². The van der Waals surface area contributed by atoms with Crippen molar-refractivity contribution in [2.75, 3.05) is 0 Å². The number of rotatable bonds is 9. The highest BCUT2D eigenvalue weighted by Crippen LogP contribution is 2.48. The fourth-order valence-electron chi connectivity index (χ4n) is 4.71. The Labute approximate surface area is 209 Å². The molecular weight excluding hydrogens is 479 g/mol. The highest BCUT2D eigenvalue weighted by Gasteiger charge is 2.45. The van der Waals surface area contributed by atoms with E-state index in [-0.39, 0.29) is 12.8 Å². The minimum Gasteiger partial charge on any atom is -0.480 e. The van der Waals surface area contributed by atoms with Gasteiger partial charge in [0.15, 0.2) is 0 Å². The quantitative estimate of drug-likeness (QED) is 0.279. The Morgan fingerprint density at radius 1 is 1.03 bits per heavy atom. The lowest BCUT2D eigenvalue weighted by Gasteiger charge is -2.20. The first-order valence-electron chi connectivity index (χ1n) is 11.7. The van der Waals surface area contributed by atoms with E-state index in [0.717, 1.165) is 21.9 Å². The maximum absolute atomic E-state index is 12.9. The molecule has 4 rings (SSSR count). The van der Waals surface area contributed by atoms with Gasteiger partial charge in [-0.3, -0.25) is 14.7 Å². The number of benzene rings is 3. The Bertz CT molecular complexity index is 1300. The molecule has 0 aliphatic carbocycles. The summed E-state index contributed by atoms with van der Waals surface area (Å²) in [7, 11) is -4.55. The minimum absolute atomic E-state index is 0.105. The topological polar surface area (TPSA) is 136 Å². The SMILES string of the molecule is O=C(O)[C@H](Cc1ccccc1)NC(=O)[C@@H]1C[C@@H](C/C=C/c2cccc3ccccc23)[C@@H](P(=O)(O)O)N1. The van der Waals surface area contributed by atoms with Crippen LogP contribution in [0.3, 0.4) is 0 Å². The fraction of sp³-hybridized carbons (Fsp3) is 0.259. The summed E-state index contributed by atoms with van der Waals surface area (Å²) in [6, 6.07) is 20.8. The van der Waals surface area contributed by atoms with Crippen molar-refractivity contribution < 1.29 is 29.0 Å². The van der Waals surface area contributed by atoms with Gasteiger partial charge in [0.1, 0.15) is 11.8 Å². The molecule has 5 N–H and O–H groups in total. The lowest BCUT2D eigenvalue weighted by atomic mass is 9.99. The number of carboxylic acids is 1. The number of carbonyl (C=O) groups is 2. The number of fused-ring (bicyclic) bond motifs is 1. The molecular formula is C27H29N2O6P. The largest absolute Gasteiger partial charge is 0.480 e. The van der Waals surface area contributed by atoms with Crippen LogP contribution in [-0.2, 0) is 20.6 Å². The number of carbonyl (C=O) groups excluding carboxylic acids is 1. The third kappa shape index (κ3) is 6.28. The van der Waals surface area contributed by atoms with Gasteiger partial charge in [-0.25, -0.2) is 4.79 Å². The Morgan fingerprint density at radius 3 is 2.44 bits per heavy atom. The fourth-order valence-corrected chi connectivity index (χ4v) is 5.88. The smallest absolute Gasteiger partial charge is 0.342 e. The van der Waals surface area contributed by atoms with Gasteiger partial charge in [-0.15, -0.1) is 0 Å². The van der Waals surface area contributed by atoms with Crippen LogP contribution < -0.4 is 10.6 Å². The average molecular weight is 509 g/mol. The van der Waals surface area contributed by atoms with Gasteiger partial charge < -0.3 is 20.2 Å². The molecule has 4 atom stereocenters. The van der Waals surface area contributed by atoms with Crippen LogP contribution in [-0.4, -0.2) is 44.6 Å². The van der Waals surface area contributed by atoms with E-state index in [0.29, 0.717) is 6.42 Å². The van der Waals surface area contributed by atoms with Crippen molar-refractivity contribution in [1.82, 2.24) is 10.6 Å². The summed E-state index contributed by atoms with van der Waals surface area (Å²) in [6.07, 6.45) is 4.42. The van der Waals surface area contributed by atoms with Crippen molar-refractivity contribution >= 4 is 36.3 Å². The molecule has 188 valence electrons. The van der Waals surface area contributed by atoms with Gasteiger partial charge in [0.05, 0.1) is 6.04 Å². The third-order valence-corrected chi connectivity index (χ3v) is 7.79. The van der Waals surface area contributed by atoms with Crippen molar-refractivity contribution in [3.05, 3.63) is 90.0 Å². The molecule has 1 fully saturated rings. The Kier molecular flexibility index (Phi) is 8.01. The Hall–Kier alpha value is -3.29. The van der Waals surface area contributed by atoms with Crippen molar-refractivity contribution in [1.29, 1.82) is 0 Å². The summed E-state index contributed by atoms with van der Waals surface area (Å²) in [5.74, 6) is -3.45. The first kappa shape index (κ1) is 25.8. The van der Waals surface area contributed by atoms with E-state index in [1.165, 1.54) is 0 Å². The molecule has 1 saturated heterocycles. The van der Waals surface area contributed by atoms with E-state index < -0.39 is 43.3 Å². The molecule has 0 bridgehead atoms. The van der Waals surface area contributed by atoms with E-state index in [2.05, 4.69) is 10.6 Å². The van der Waals surface area contributed by atoms with Gasteiger partial charge in [0, 0.05) is 6.42 Å². The number of carboxylic acid groups (broad SMARTS) is 1. The second-order valence-electron chi connectivity index (χ2n) is 9.04. The summed E-state index contributed by atoms with van der Waals surface area (Å²) in [5.41, 5.74) is 1.75. The maximum Gasteiger partial charge on any atom is 0.342 e. The minimum atomic E-state index is -4.55. The number of hydrogen-bond donors (Lipinski definition) is 5. The van der Waals surface area contributed by atoms with Crippen molar-refractivity contribution in [3.63, 3.8) is 0 Å². The molecule has 0 aromatic heterocycles. The summed E-state index contributed by atoms with van der Waals surface area (Å²) in [5, 5.41) is 17.1. The standard InChI is InChI=1S/C27H29N2O6P/c30-25(28-24(27(31)32)16-18-8-2-1-3-9-18)23-17-21(26(29-23)36(33,34)35)14-7-13-20-12-6-11-19-10-4-5-15-22(19)20/h1-13,15,21,23-24,26,29H,14,16-17H2,(H,28,30)(H,31,32)(H2,33,34,35)/b13-7+/t21-,23+,24+,26-/m1/s1. The van der Waals surface area contributed by atoms with Gasteiger partial charge in [-0.2, -0.15) is 0 Å². The number of aliphatic carboxylic acids is 1. The van der Waals surface area contributed by atoms with Crippen molar-refractivity contribution in [3.8, 4) is 0 Å². The summed E-state index contributed by atoms with van der Waals surface area (Å²) in [6.45, 7) is 0.